The number of cyclic esters (lactones) is 1. The van der Waals surface area contributed by atoms with Gasteiger partial charge in [-0.1, -0.05) is 70.6 Å². The zero-order chi connectivity index (χ0) is 43.2. The van der Waals surface area contributed by atoms with Gasteiger partial charge in [-0.2, -0.15) is 0 Å². The molecule has 1 spiro atoms. The van der Waals surface area contributed by atoms with Crippen molar-refractivity contribution in [1.82, 2.24) is 4.90 Å². The first kappa shape index (κ1) is 49.6. The quantitative estimate of drug-likeness (QED) is 0.0888. The fraction of sp³-hybridized carbons (Fsp3) is 0.756. The number of methoxy groups -OCH3 is 4. The Morgan fingerprint density at radius 1 is 1.03 bits per heavy atom. The maximum Gasteiger partial charge on any atom is 0.331 e. The lowest BCUT2D eigenvalue weighted by atomic mass is 9.78. The molecule has 0 aromatic heterocycles. The number of allylic oxidation sites excluding steroid dienone is 2. The molecule has 3 rings (SSSR count). The zero-order valence-electron chi connectivity index (χ0n) is 36.8. The number of aliphatic hydroxyl groups is 2. The fourth-order valence-corrected chi connectivity index (χ4v) is 8.63. The SMILES string of the molecule is CO[C@H]([C@H](C)/C=C/N(C)C=O)[C@@H](C)C(=O)CC[C@H](C)[C@H](O)[C@H](C)[C@@H]1OC(=O)/C=C/C(C)=C/C[C@H](O)C[C@H]2C=CC[C@@H](C[C@H](OC)[C@@]3(CO3)[C@@H](OC)C[C@@H](OC)[C@H]1C)O2. The van der Waals surface area contributed by atoms with Gasteiger partial charge in [-0.3, -0.25) is 9.59 Å². The molecule has 3 aliphatic heterocycles. The summed E-state index contributed by atoms with van der Waals surface area (Å²) in [5, 5.41) is 22.7. The van der Waals surface area contributed by atoms with Gasteiger partial charge in [0.2, 0.25) is 6.41 Å². The first-order valence-electron chi connectivity index (χ1n) is 20.9. The standard InChI is InChI=1S/C45H73NO12/c1-28-15-18-34(48)23-35-13-12-14-36(57-35)24-39(53-9)45(26-56-45)40(54-10)25-38(52-8)32(5)44(58-41(50)20-16-28)33(6)42(51)29(2)17-19-37(49)31(4)43(55-11)30(3)21-22-46(7)27-47/h12-13,15-16,20-22,27,29-36,38-40,42-44,48,51H,14,17-19,23-26H2,1-11H3/b20-16+,22-21+,28-15+/t29-,30+,31-,32+,33-,34-,35+,36-,38+,39-,40-,42-,43+,44+,45-/m0/s1. The Balaban J connectivity index is 1.86. The van der Waals surface area contributed by atoms with Gasteiger partial charge in [0, 0.05) is 97.1 Å². The van der Waals surface area contributed by atoms with Crippen molar-refractivity contribution in [3.63, 3.8) is 0 Å². The Bertz CT molecular complexity index is 1410. The lowest BCUT2D eigenvalue weighted by Crippen LogP contribution is -2.50. The molecular weight excluding hydrogens is 746 g/mol. The summed E-state index contributed by atoms with van der Waals surface area (Å²) < 4.78 is 42.8. The van der Waals surface area contributed by atoms with Gasteiger partial charge >= 0.3 is 5.97 Å². The molecule has 13 nitrogen and oxygen atoms in total. The highest BCUT2D eigenvalue weighted by molar-refractivity contribution is 5.82. The van der Waals surface area contributed by atoms with Crippen LogP contribution in [0.2, 0.25) is 0 Å². The molecule has 0 aliphatic carbocycles. The highest BCUT2D eigenvalue weighted by atomic mass is 16.6. The fourth-order valence-electron chi connectivity index (χ4n) is 8.63. The van der Waals surface area contributed by atoms with Crippen LogP contribution in [0, 0.1) is 29.6 Å². The molecule has 2 bridgehead atoms. The van der Waals surface area contributed by atoms with Crippen LogP contribution in [-0.2, 0) is 47.5 Å². The third-order valence-corrected chi connectivity index (χ3v) is 12.6. The lowest BCUT2D eigenvalue weighted by Gasteiger charge is -2.39. The number of hydrogen-bond donors (Lipinski definition) is 2. The maximum atomic E-state index is 13.5. The third kappa shape index (κ3) is 13.9. The first-order chi connectivity index (χ1) is 27.5. The Hall–Kier alpha value is -2.75. The number of rotatable bonds is 16. The van der Waals surface area contributed by atoms with Crippen LogP contribution in [0.3, 0.4) is 0 Å². The normalized spacial score (nSPS) is 34.8. The number of carbonyl (C=O) groups is 3. The molecule has 0 unspecified atom stereocenters. The van der Waals surface area contributed by atoms with Crippen LogP contribution in [0.5, 0.6) is 0 Å². The molecule has 0 saturated carbocycles. The zero-order valence-corrected chi connectivity index (χ0v) is 36.8. The van der Waals surface area contributed by atoms with Crippen molar-refractivity contribution in [3.8, 4) is 0 Å². The Labute approximate surface area is 347 Å². The van der Waals surface area contributed by atoms with Gasteiger partial charge in [0.15, 0.2) is 0 Å². The van der Waals surface area contributed by atoms with Crippen LogP contribution in [0.15, 0.2) is 48.2 Å². The summed E-state index contributed by atoms with van der Waals surface area (Å²) in [6.45, 7) is 11.8. The highest BCUT2D eigenvalue weighted by Crippen LogP contribution is 2.43. The van der Waals surface area contributed by atoms with Crippen LogP contribution in [0.25, 0.3) is 0 Å². The number of amides is 1. The van der Waals surface area contributed by atoms with Crippen molar-refractivity contribution < 1.29 is 57.8 Å². The Kier molecular flexibility index (Phi) is 20.4. The van der Waals surface area contributed by atoms with Gasteiger partial charge in [-0.25, -0.2) is 4.79 Å². The van der Waals surface area contributed by atoms with Crippen LogP contribution in [0.1, 0.15) is 86.5 Å². The van der Waals surface area contributed by atoms with Gasteiger partial charge < -0.3 is 48.3 Å². The molecule has 0 aromatic carbocycles. The molecule has 3 aliphatic rings. The second-order valence-corrected chi connectivity index (χ2v) is 16.9. The average Bonchev–Trinajstić information content (AvgIpc) is 4.02. The number of epoxide rings is 1. The maximum absolute atomic E-state index is 13.5. The van der Waals surface area contributed by atoms with E-state index < -0.39 is 65.9 Å². The Morgan fingerprint density at radius 2 is 1.71 bits per heavy atom. The monoisotopic (exact) mass is 820 g/mol. The summed E-state index contributed by atoms with van der Waals surface area (Å²) in [4.78, 5) is 39.4. The number of aliphatic hydroxyl groups excluding tert-OH is 2. The predicted octanol–water partition coefficient (Wildman–Crippen LogP) is 5.37. The van der Waals surface area contributed by atoms with Crippen molar-refractivity contribution in [1.29, 1.82) is 0 Å². The van der Waals surface area contributed by atoms with Crippen LogP contribution in [0.4, 0.5) is 0 Å². The highest BCUT2D eigenvalue weighted by Gasteiger charge is 2.59. The number of esters is 1. The molecule has 1 fully saturated rings. The minimum atomic E-state index is -0.931. The summed E-state index contributed by atoms with van der Waals surface area (Å²) in [6.07, 6.45) is 11.9. The van der Waals surface area contributed by atoms with E-state index in [0.717, 1.165) is 5.57 Å². The van der Waals surface area contributed by atoms with E-state index in [1.54, 1.807) is 47.8 Å². The van der Waals surface area contributed by atoms with E-state index in [0.29, 0.717) is 51.5 Å². The van der Waals surface area contributed by atoms with Crippen LogP contribution < -0.4 is 0 Å². The number of ketones is 1. The molecule has 0 aromatic rings. The molecule has 58 heavy (non-hydrogen) atoms. The average molecular weight is 820 g/mol. The molecule has 2 N–H and O–H groups in total. The van der Waals surface area contributed by atoms with Crippen molar-refractivity contribution in [2.45, 2.75) is 147 Å². The molecule has 15 atom stereocenters. The van der Waals surface area contributed by atoms with E-state index in [1.807, 2.05) is 59.8 Å². The van der Waals surface area contributed by atoms with Crippen molar-refractivity contribution >= 4 is 18.2 Å². The first-order valence-corrected chi connectivity index (χ1v) is 20.9. The lowest BCUT2D eigenvalue weighted by molar-refractivity contribution is -0.159. The molecule has 330 valence electrons. The number of Topliss-reactive ketones (excluding diaryl/α,β-unsaturated/α-hetero) is 1. The topological polar surface area (TPSA) is 163 Å². The third-order valence-electron chi connectivity index (χ3n) is 12.6. The summed E-state index contributed by atoms with van der Waals surface area (Å²) >= 11 is 0. The number of fused-ring (bicyclic) bond motifs is 2. The number of carbonyl (C=O) groups excluding carboxylic acids is 3. The second-order valence-electron chi connectivity index (χ2n) is 16.9. The van der Waals surface area contributed by atoms with Gasteiger partial charge in [0.25, 0.3) is 0 Å². The molecule has 13 heteroatoms. The van der Waals surface area contributed by atoms with Gasteiger partial charge in [-0.15, -0.1) is 0 Å². The number of nitrogens with zero attached hydrogens (tertiary/aromatic N) is 1. The minimum Gasteiger partial charge on any atom is -0.458 e. The molecule has 1 saturated heterocycles. The van der Waals surface area contributed by atoms with E-state index in [4.69, 9.17) is 33.2 Å². The molecular formula is C45H73NO12. The Morgan fingerprint density at radius 3 is 2.31 bits per heavy atom. The predicted molar refractivity (Wildman–Crippen MR) is 221 cm³/mol. The summed E-state index contributed by atoms with van der Waals surface area (Å²) in [5.74, 6) is -2.39. The van der Waals surface area contributed by atoms with E-state index in [2.05, 4.69) is 6.08 Å². The summed E-state index contributed by atoms with van der Waals surface area (Å²) in [6, 6.07) is 0. The molecule has 3 heterocycles. The van der Waals surface area contributed by atoms with Crippen LogP contribution in [-0.4, -0.2) is 136 Å². The molecule has 1 amide bonds. The van der Waals surface area contributed by atoms with E-state index >= 15 is 0 Å². The number of ether oxygens (including phenoxy) is 7. The van der Waals surface area contributed by atoms with E-state index in [9.17, 15) is 24.6 Å². The van der Waals surface area contributed by atoms with Crippen molar-refractivity contribution in [2.24, 2.45) is 29.6 Å². The van der Waals surface area contributed by atoms with Gasteiger partial charge in [0.1, 0.15) is 17.5 Å². The van der Waals surface area contributed by atoms with Crippen molar-refractivity contribution in [2.75, 3.05) is 42.1 Å². The van der Waals surface area contributed by atoms with E-state index in [-0.39, 0.29) is 42.4 Å². The number of hydrogen-bond acceptors (Lipinski definition) is 12. The molecule has 0 radical (unpaired) electrons. The largest absolute Gasteiger partial charge is 0.458 e. The van der Waals surface area contributed by atoms with Crippen LogP contribution >= 0.6 is 0 Å². The smallest absolute Gasteiger partial charge is 0.331 e. The van der Waals surface area contributed by atoms with Crippen molar-refractivity contribution in [3.05, 3.63) is 48.2 Å². The van der Waals surface area contributed by atoms with Gasteiger partial charge in [-0.05, 0) is 32.1 Å². The summed E-state index contributed by atoms with van der Waals surface area (Å²) in [5.41, 5.74) is 0.0428. The second kappa shape index (κ2) is 23.9. The van der Waals surface area contributed by atoms with E-state index in [1.165, 1.54) is 11.0 Å². The van der Waals surface area contributed by atoms with Gasteiger partial charge in [0.05, 0.1) is 55.4 Å². The summed E-state index contributed by atoms with van der Waals surface area (Å²) in [7, 11) is 8.13. The minimum absolute atomic E-state index is 0.00734.